The Labute approximate surface area is 179 Å². The van der Waals surface area contributed by atoms with Gasteiger partial charge in [0.25, 0.3) is 15.9 Å². The number of carbonyl (C=O) groups is 1. The van der Waals surface area contributed by atoms with Gasteiger partial charge >= 0.3 is 0 Å². The molecule has 0 fully saturated rings. The number of halogens is 1. The minimum atomic E-state index is -3.85. The maximum absolute atomic E-state index is 12.4. The number of ether oxygens (including phenoxy) is 1. The molecule has 0 aliphatic rings. The Bertz CT molecular complexity index is 1140. The second-order valence-electron chi connectivity index (χ2n) is 6.36. The van der Waals surface area contributed by atoms with Gasteiger partial charge in [-0.25, -0.2) is 23.1 Å². The molecule has 0 saturated carbocycles. The highest BCUT2D eigenvalue weighted by Crippen LogP contribution is 2.23. The highest BCUT2D eigenvalue weighted by molar-refractivity contribution is 7.92. The van der Waals surface area contributed by atoms with E-state index in [1.54, 1.807) is 31.2 Å². The number of amides is 1. The topological polar surface area (TPSA) is 110 Å². The minimum Gasteiger partial charge on any atom is -0.481 e. The summed E-state index contributed by atoms with van der Waals surface area (Å²) in [6.45, 7) is 3.45. The van der Waals surface area contributed by atoms with Gasteiger partial charge in [-0.1, -0.05) is 11.6 Å². The van der Waals surface area contributed by atoms with Gasteiger partial charge in [0.1, 0.15) is 5.75 Å². The smallest absolute Gasteiger partial charge is 0.265 e. The summed E-state index contributed by atoms with van der Waals surface area (Å²) in [6, 6.07) is 12.4. The van der Waals surface area contributed by atoms with Gasteiger partial charge in [-0.05, 0) is 67.9 Å². The molecule has 0 radical (unpaired) electrons. The monoisotopic (exact) mass is 446 g/mol. The fourth-order valence-electron chi connectivity index (χ4n) is 2.48. The fraction of sp³-hybridized carbons (Fsp3) is 0.150. The average molecular weight is 447 g/mol. The SMILES string of the molecule is Cc1cc(Cl)ccc1OC(C)C(=O)Nc1ccc(S(=O)(=O)Nc2ncccn2)cc1. The van der Waals surface area contributed by atoms with E-state index in [1.165, 1.54) is 36.7 Å². The Morgan fingerprint density at radius 2 is 1.77 bits per heavy atom. The summed E-state index contributed by atoms with van der Waals surface area (Å²) in [7, 11) is -3.85. The third kappa shape index (κ3) is 5.46. The summed E-state index contributed by atoms with van der Waals surface area (Å²) in [4.78, 5) is 20.1. The van der Waals surface area contributed by atoms with Crippen LogP contribution < -0.4 is 14.8 Å². The van der Waals surface area contributed by atoms with Crippen LogP contribution in [0.5, 0.6) is 5.75 Å². The zero-order valence-corrected chi connectivity index (χ0v) is 17.7. The van der Waals surface area contributed by atoms with E-state index in [4.69, 9.17) is 16.3 Å². The number of aryl methyl sites for hydroxylation is 1. The first-order valence-corrected chi connectivity index (χ1v) is 10.7. The maximum Gasteiger partial charge on any atom is 0.265 e. The number of rotatable bonds is 7. The molecule has 2 N–H and O–H groups in total. The van der Waals surface area contributed by atoms with E-state index in [0.717, 1.165) is 5.56 Å². The molecule has 1 heterocycles. The van der Waals surface area contributed by atoms with E-state index in [1.807, 2.05) is 6.92 Å². The number of benzene rings is 2. The van der Waals surface area contributed by atoms with Crippen LogP contribution in [0.4, 0.5) is 11.6 Å². The molecule has 1 atom stereocenters. The largest absolute Gasteiger partial charge is 0.481 e. The summed E-state index contributed by atoms with van der Waals surface area (Å²) < 4.78 is 32.8. The minimum absolute atomic E-state index is 0.00837. The van der Waals surface area contributed by atoms with Crippen molar-refractivity contribution in [1.82, 2.24) is 9.97 Å². The molecule has 0 spiro atoms. The lowest BCUT2D eigenvalue weighted by Crippen LogP contribution is -2.30. The van der Waals surface area contributed by atoms with Gasteiger partial charge < -0.3 is 10.1 Å². The standard InChI is InChI=1S/C20H19ClN4O4S/c1-13-12-15(21)4-9-18(13)29-14(2)19(26)24-16-5-7-17(8-6-16)30(27,28)25-20-22-10-3-11-23-20/h3-12,14H,1-2H3,(H,24,26)(H,22,23,25). The van der Waals surface area contributed by atoms with Gasteiger partial charge in [0.05, 0.1) is 4.90 Å². The predicted octanol–water partition coefficient (Wildman–Crippen LogP) is 3.65. The number of carbonyl (C=O) groups excluding carboxylic acids is 1. The Balaban J connectivity index is 1.64. The molecule has 156 valence electrons. The summed E-state index contributed by atoms with van der Waals surface area (Å²) in [5, 5.41) is 3.27. The van der Waals surface area contributed by atoms with Gasteiger partial charge in [0.2, 0.25) is 5.95 Å². The molecule has 1 unspecified atom stereocenters. The first kappa shape index (κ1) is 21.5. The van der Waals surface area contributed by atoms with Crippen LogP contribution in [-0.2, 0) is 14.8 Å². The molecule has 8 nitrogen and oxygen atoms in total. The molecule has 10 heteroatoms. The molecule has 30 heavy (non-hydrogen) atoms. The van der Waals surface area contributed by atoms with Crippen LogP contribution in [0.3, 0.4) is 0 Å². The van der Waals surface area contributed by atoms with Crippen molar-refractivity contribution in [3.05, 3.63) is 71.5 Å². The van der Waals surface area contributed by atoms with Crippen molar-refractivity contribution in [2.75, 3.05) is 10.0 Å². The lowest BCUT2D eigenvalue weighted by molar-refractivity contribution is -0.122. The molecule has 0 aliphatic heterocycles. The van der Waals surface area contributed by atoms with Crippen molar-refractivity contribution in [2.24, 2.45) is 0 Å². The molecule has 0 bridgehead atoms. The van der Waals surface area contributed by atoms with E-state index in [9.17, 15) is 13.2 Å². The number of sulfonamides is 1. The molecule has 1 aromatic heterocycles. The fourth-order valence-corrected chi connectivity index (χ4v) is 3.67. The van der Waals surface area contributed by atoms with Crippen molar-refractivity contribution in [3.8, 4) is 5.75 Å². The Hall–Kier alpha value is -3.17. The second kappa shape index (κ2) is 9.10. The third-order valence-corrected chi connectivity index (χ3v) is 5.61. The zero-order chi connectivity index (χ0) is 21.7. The normalized spacial score (nSPS) is 12.1. The lowest BCUT2D eigenvalue weighted by atomic mass is 10.2. The van der Waals surface area contributed by atoms with Gasteiger partial charge in [-0.15, -0.1) is 0 Å². The highest BCUT2D eigenvalue weighted by atomic mass is 35.5. The molecule has 0 aliphatic carbocycles. The van der Waals surface area contributed by atoms with Crippen LogP contribution in [0.1, 0.15) is 12.5 Å². The highest BCUT2D eigenvalue weighted by Gasteiger charge is 2.18. The van der Waals surface area contributed by atoms with Gasteiger partial charge in [-0.3, -0.25) is 4.79 Å². The van der Waals surface area contributed by atoms with Crippen LogP contribution in [0, 0.1) is 6.92 Å². The molecule has 3 rings (SSSR count). The quantitative estimate of drug-likeness (QED) is 0.573. The number of hydrogen-bond acceptors (Lipinski definition) is 6. The molecule has 1 amide bonds. The van der Waals surface area contributed by atoms with Gasteiger partial charge in [0, 0.05) is 23.1 Å². The van der Waals surface area contributed by atoms with Crippen molar-refractivity contribution >= 4 is 39.2 Å². The molecule has 3 aromatic rings. The maximum atomic E-state index is 12.4. The zero-order valence-electron chi connectivity index (χ0n) is 16.2. The number of anilines is 2. The third-order valence-electron chi connectivity index (χ3n) is 4.03. The predicted molar refractivity (Wildman–Crippen MR) is 114 cm³/mol. The van der Waals surface area contributed by atoms with Crippen molar-refractivity contribution in [3.63, 3.8) is 0 Å². The number of hydrogen-bond donors (Lipinski definition) is 2. The van der Waals surface area contributed by atoms with E-state index in [-0.39, 0.29) is 16.8 Å². The number of nitrogens with one attached hydrogen (secondary N) is 2. The van der Waals surface area contributed by atoms with Crippen LogP contribution >= 0.6 is 11.6 Å². The summed E-state index contributed by atoms with van der Waals surface area (Å²) >= 11 is 5.92. The average Bonchev–Trinajstić information content (AvgIpc) is 2.71. The van der Waals surface area contributed by atoms with Crippen LogP contribution in [0.25, 0.3) is 0 Å². The molecular formula is C20H19ClN4O4S. The summed E-state index contributed by atoms with van der Waals surface area (Å²) in [5.41, 5.74) is 1.24. The van der Waals surface area contributed by atoms with E-state index < -0.39 is 16.1 Å². The Morgan fingerprint density at radius 3 is 2.40 bits per heavy atom. The van der Waals surface area contributed by atoms with Crippen LogP contribution in [0.2, 0.25) is 5.02 Å². The second-order valence-corrected chi connectivity index (χ2v) is 8.48. The Kier molecular flexibility index (Phi) is 6.53. The first-order chi connectivity index (χ1) is 14.2. The van der Waals surface area contributed by atoms with Crippen LogP contribution in [0.15, 0.2) is 65.8 Å². The number of aromatic nitrogens is 2. The van der Waals surface area contributed by atoms with Gasteiger partial charge in [0.15, 0.2) is 6.10 Å². The lowest BCUT2D eigenvalue weighted by Gasteiger charge is -2.16. The van der Waals surface area contributed by atoms with Crippen molar-refractivity contribution in [1.29, 1.82) is 0 Å². The summed E-state index contributed by atoms with van der Waals surface area (Å²) in [6.07, 6.45) is 2.08. The summed E-state index contributed by atoms with van der Waals surface area (Å²) in [5.74, 6) is 0.145. The van der Waals surface area contributed by atoms with Crippen molar-refractivity contribution < 1.29 is 17.9 Å². The van der Waals surface area contributed by atoms with Crippen molar-refractivity contribution in [2.45, 2.75) is 24.8 Å². The Morgan fingerprint density at radius 1 is 1.10 bits per heavy atom. The first-order valence-electron chi connectivity index (χ1n) is 8.88. The van der Waals surface area contributed by atoms with E-state index in [0.29, 0.717) is 16.5 Å². The molecule has 2 aromatic carbocycles. The molecule has 0 saturated heterocycles. The van der Waals surface area contributed by atoms with E-state index >= 15 is 0 Å². The molecular weight excluding hydrogens is 428 g/mol. The van der Waals surface area contributed by atoms with Gasteiger partial charge in [-0.2, -0.15) is 0 Å². The number of nitrogens with zero attached hydrogens (tertiary/aromatic N) is 2. The van der Waals surface area contributed by atoms with Crippen LogP contribution in [-0.4, -0.2) is 30.4 Å². The van der Waals surface area contributed by atoms with E-state index in [2.05, 4.69) is 20.0 Å².